The van der Waals surface area contributed by atoms with Crippen LogP contribution in [0.5, 0.6) is 11.5 Å². The van der Waals surface area contributed by atoms with Gasteiger partial charge in [0, 0.05) is 11.5 Å². The third-order valence-electron chi connectivity index (χ3n) is 3.80. The van der Waals surface area contributed by atoms with E-state index in [-0.39, 0.29) is 5.41 Å². The first-order valence-corrected chi connectivity index (χ1v) is 6.70. The van der Waals surface area contributed by atoms with E-state index in [1.807, 2.05) is 13.1 Å². The average molecular weight is 265 g/mol. The van der Waals surface area contributed by atoms with Gasteiger partial charge in [0.25, 0.3) is 0 Å². The highest BCUT2D eigenvalue weighted by Gasteiger charge is 2.40. The zero-order valence-electron chi connectivity index (χ0n) is 12.0. The molecule has 0 amide bonds. The van der Waals surface area contributed by atoms with Crippen LogP contribution < -0.4 is 14.8 Å². The Bertz CT molecular complexity index is 394. The Morgan fingerprint density at radius 3 is 2.21 bits per heavy atom. The highest BCUT2D eigenvalue weighted by atomic mass is 16.5. The van der Waals surface area contributed by atoms with Crippen LogP contribution in [0.15, 0.2) is 18.2 Å². The fourth-order valence-electron chi connectivity index (χ4n) is 2.52. The van der Waals surface area contributed by atoms with Crippen molar-refractivity contribution < 1.29 is 14.2 Å². The number of benzene rings is 1. The van der Waals surface area contributed by atoms with E-state index in [2.05, 4.69) is 17.4 Å². The minimum Gasteiger partial charge on any atom is -0.497 e. The van der Waals surface area contributed by atoms with E-state index in [4.69, 9.17) is 14.2 Å². The monoisotopic (exact) mass is 265 g/mol. The van der Waals surface area contributed by atoms with E-state index in [9.17, 15) is 0 Å². The topological polar surface area (TPSA) is 39.7 Å². The third kappa shape index (κ3) is 3.01. The van der Waals surface area contributed by atoms with Gasteiger partial charge < -0.3 is 19.5 Å². The Morgan fingerprint density at radius 2 is 1.79 bits per heavy atom. The van der Waals surface area contributed by atoms with Crippen molar-refractivity contribution in [1.29, 1.82) is 0 Å². The lowest BCUT2D eigenvalue weighted by Gasteiger charge is -2.42. The Kier molecular flexibility index (Phi) is 4.66. The third-order valence-corrected chi connectivity index (χ3v) is 3.80. The van der Waals surface area contributed by atoms with E-state index in [0.717, 1.165) is 44.1 Å². The maximum absolute atomic E-state index is 5.47. The standard InChI is InChI=1S/C15H23NO3/c1-16-6-4-5-15(10-19-11-15)12-7-13(17-2)9-14(8-12)18-3/h7-9,16H,4-6,10-11H2,1-3H3. The first-order valence-electron chi connectivity index (χ1n) is 6.70. The largest absolute Gasteiger partial charge is 0.497 e. The second kappa shape index (κ2) is 6.26. The quantitative estimate of drug-likeness (QED) is 0.765. The second-order valence-corrected chi connectivity index (χ2v) is 5.08. The summed E-state index contributed by atoms with van der Waals surface area (Å²) in [7, 11) is 5.35. The first-order chi connectivity index (χ1) is 9.24. The predicted molar refractivity (Wildman–Crippen MR) is 75.2 cm³/mol. The van der Waals surface area contributed by atoms with Gasteiger partial charge in [-0.3, -0.25) is 0 Å². The van der Waals surface area contributed by atoms with Gasteiger partial charge in [-0.15, -0.1) is 0 Å². The van der Waals surface area contributed by atoms with Crippen LogP contribution in [0.25, 0.3) is 0 Å². The molecule has 0 saturated carbocycles. The van der Waals surface area contributed by atoms with E-state index in [0.29, 0.717) is 0 Å². The summed E-state index contributed by atoms with van der Waals surface area (Å²) in [5.41, 5.74) is 1.38. The van der Waals surface area contributed by atoms with E-state index < -0.39 is 0 Å². The molecule has 106 valence electrons. The zero-order chi connectivity index (χ0) is 13.7. The van der Waals surface area contributed by atoms with Crippen molar-refractivity contribution in [2.75, 3.05) is 41.0 Å². The van der Waals surface area contributed by atoms with E-state index in [1.165, 1.54) is 5.56 Å². The molecule has 1 fully saturated rings. The molecule has 1 heterocycles. The van der Waals surface area contributed by atoms with Gasteiger partial charge in [0.1, 0.15) is 11.5 Å². The molecule has 1 aromatic rings. The number of ether oxygens (including phenoxy) is 3. The molecular formula is C15H23NO3. The molecule has 4 nitrogen and oxygen atoms in total. The SMILES string of the molecule is CNCCCC1(c2cc(OC)cc(OC)c2)COC1. The fourth-order valence-corrected chi connectivity index (χ4v) is 2.52. The van der Waals surface area contributed by atoms with Gasteiger partial charge in [-0.25, -0.2) is 0 Å². The molecule has 0 unspecified atom stereocenters. The maximum Gasteiger partial charge on any atom is 0.122 e. The van der Waals surface area contributed by atoms with Crippen molar-refractivity contribution in [3.05, 3.63) is 23.8 Å². The van der Waals surface area contributed by atoms with Crippen molar-refractivity contribution in [2.24, 2.45) is 0 Å². The molecule has 4 heteroatoms. The lowest BCUT2D eigenvalue weighted by atomic mass is 9.75. The molecule has 1 saturated heterocycles. The zero-order valence-corrected chi connectivity index (χ0v) is 12.0. The van der Waals surface area contributed by atoms with Crippen LogP contribution in [-0.4, -0.2) is 41.0 Å². The highest BCUT2D eigenvalue weighted by molar-refractivity contribution is 5.43. The van der Waals surface area contributed by atoms with Crippen molar-refractivity contribution >= 4 is 0 Å². The van der Waals surface area contributed by atoms with Gasteiger partial charge in [0.2, 0.25) is 0 Å². The number of nitrogens with one attached hydrogen (secondary N) is 1. The summed E-state index contributed by atoms with van der Waals surface area (Å²) in [6, 6.07) is 6.11. The minimum absolute atomic E-state index is 0.124. The van der Waals surface area contributed by atoms with Crippen molar-refractivity contribution in [3.8, 4) is 11.5 Å². The first kappa shape index (κ1) is 14.2. The second-order valence-electron chi connectivity index (χ2n) is 5.08. The molecule has 0 spiro atoms. The van der Waals surface area contributed by atoms with Gasteiger partial charge in [-0.05, 0) is 44.1 Å². The summed E-state index contributed by atoms with van der Waals surface area (Å²) in [5, 5.41) is 3.19. The van der Waals surface area contributed by atoms with Crippen molar-refractivity contribution in [1.82, 2.24) is 5.32 Å². The maximum atomic E-state index is 5.47. The van der Waals surface area contributed by atoms with Crippen LogP contribution in [0.1, 0.15) is 18.4 Å². The van der Waals surface area contributed by atoms with Crippen molar-refractivity contribution in [3.63, 3.8) is 0 Å². The molecule has 0 bridgehead atoms. The van der Waals surface area contributed by atoms with E-state index >= 15 is 0 Å². The molecule has 1 aromatic carbocycles. The molecule has 2 rings (SSSR count). The van der Waals surface area contributed by atoms with Gasteiger partial charge in [0.15, 0.2) is 0 Å². The Balaban J connectivity index is 2.21. The Labute approximate surface area is 115 Å². The minimum atomic E-state index is 0.124. The Hall–Kier alpha value is -1.26. The number of hydrogen-bond donors (Lipinski definition) is 1. The Morgan fingerprint density at radius 1 is 1.16 bits per heavy atom. The molecule has 0 aliphatic carbocycles. The molecule has 1 aliphatic heterocycles. The van der Waals surface area contributed by atoms with Crippen LogP contribution in [0, 0.1) is 0 Å². The summed E-state index contributed by atoms with van der Waals surface area (Å²) >= 11 is 0. The molecule has 1 aliphatic rings. The molecular weight excluding hydrogens is 242 g/mol. The summed E-state index contributed by atoms with van der Waals surface area (Å²) in [5.74, 6) is 1.68. The van der Waals surface area contributed by atoms with Crippen LogP contribution in [0.3, 0.4) is 0 Å². The normalized spacial score (nSPS) is 16.8. The average Bonchev–Trinajstić information content (AvgIpc) is 2.41. The lowest BCUT2D eigenvalue weighted by Crippen LogP contribution is -2.47. The van der Waals surface area contributed by atoms with Crippen LogP contribution >= 0.6 is 0 Å². The summed E-state index contributed by atoms with van der Waals surface area (Å²) < 4.78 is 16.2. The highest BCUT2D eigenvalue weighted by Crippen LogP contribution is 2.40. The summed E-state index contributed by atoms with van der Waals surface area (Å²) in [4.78, 5) is 0. The molecule has 0 atom stereocenters. The molecule has 19 heavy (non-hydrogen) atoms. The number of rotatable bonds is 7. The van der Waals surface area contributed by atoms with Crippen molar-refractivity contribution in [2.45, 2.75) is 18.3 Å². The number of hydrogen-bond acceptors (Lipinski definition) is 4. The van der Waals surface area contributed by atoms with Crippen LogP contribution in [-0.2, 0) is 10.2 Å². The van der Waals surface area contributed by atoms with Crippen LogP contribution in [0.4, 0.5) is 0 Å². The van der Waals surface area contributed by atoms with E-state index in [1.54, 1.807) is 14.2 Å². The predicted octanol–water partition coefficient (Wildman–Crippen LogP) is 1.97. The smallest absolute Gasteiger partial charge is 0.122 e. The molecule has 0 aromatic heterocycles. The van der Waals surface area contributed by atoms with Gasteiger partial charge in [0.05, 0.1) is 27.4 Å². The molecule has 1 N–H and O–H groups in total. The number of methoxy groups -OCH3 is 2. The summed E-state index contributed by atoms with van der Waals surface area (Å²) in [6.07, 6.45) is 2.25. The van der Waals surface area contributed by atoms with Gasteiger partial charge >= 0.3 is 0 Å². The van der Waals surface area contributed by atoms with Gasteiger partial charge in [-0.2, -0.15) is 0 Å². The lowest BCUT2D eigenvalue weighted by molar-refractivity contribution is -0.0651. The molecule has 0 radical (unpaired) electrons. The van der Waals surface area contributed by atoms with Gasteiger partial charge in [-0.1, -0.05) is 0 Å². The summed E-state index contributed by atoms with van der Waals surface area (Å²) in [6.45, 7) is 2.60. The fraction of sp³-hybridized carbons (Fsp3) is 0.600. The van der Waals surface area contributed by atoms with Crippen LogP contribution in [0.2, 0.25) is 0 Å².